The fourth-order valence-corrected chi connectivity index (χ4v) is 1.26. The standard InChI is InChI=1S/C8H6ClF2NO3/c1-15-4-2-3(8(13)14)5(7(10)11)6(9)12-4/h2,7H,1H3,(H,13,14). The van der Waals surface area contributed by atoms with Gasteiger partial charge in [0, 0.05) is 6.07 Å². The second-order valence-corrected chi connectivity index (χ2v) is 2.88. The van der Waals surface area contributed by atoms with E-state index >= 15 is 0 Å². The van der Waals surface area contributed by atoms with Gasteiger partial charge in [-0.05, 0) is 0 Å². The van der Waals surface area contributed by atoms with Crippen molar-refractivity contribution in [3.05, 3.63) is 22.3 Å². The van der Waals surface area contributed by atoms with E-state index in [9.17, 15) is 13.6 Å². The van der Waals surface area contributed by atoms with Crippen LogP contribution >= 0.6 is 11.6 Å². The fraction of sp³-hybridized carbons (Fsp3) is 0.250. The van der Waals surface area contributed by atoms with Gasteiger partial charge in [-0.3, -0.25) is 0 Å². The minimum Gasteiger partial charge on any atom is -0.481 e. The monoisotopic (exact) mass is 237 g/mol. The summed E-state index contributed by atoms with van der Waals surface area (Å²) in [6, 6.07) is 0.899. The molecule has 0 radical (unpaired) electrons. The number of ether oxygens (including phenoxy) is 1. The van der Waals surface area contributed by atoms with Crippen LogP contribution < -0.4 is 4.74 Å². The highest BCUT2D eigenvalue weighted by Gasteiger charge is 2.23. The highest BCUT2D eigenvalue weighted by Crippen LogP contribution is 2.31. The molecular formula is C8H6ClF2NO3. The molecule has 0 saturated heterocycles. The first-order chi connectivity index (χ1) is 6.97. The molecule has 0 aliphatic carbocycles. The van der Waals surface area contributed by atoms with Crippen LogP contribution in [-0.4, -0.2) is 23.2 Å². The molecule has 1 N–H and O–H groups in total. The molecule has 82 valence electrons. The number of carboxylic acid groups (broad SMARTS) is 1. The zero-order valence-electron chi connectivity index (χ0n) is 7.50. The number of methoxy groups -OCH3 is 1. The summed E-state index contributed by atoms with van der Waals surface area (Å²) < 4.78 is 29.5. The maximum atomic E-state index is 12.5. The third kappa shape index (κ3) is 2.33. The lowest BCUT2D eigenvalue weighted by molar-refractivity contribution is 0.0683. The topological polar surface area (TPSA) is 59.4 Å². The molecule has 4 nitrogen and oxygen atoms in total. The van der Waals surface area contributed by atoms with Gasteiger partial charge in [0.2, 0.25) is 5.88 Å². The van der Waals surface area contributed by atoms with Crippen molar-refractivity contribution in [1.29, 1.82) is 0 Å². The molecule has 1 rings (SSSR count). The summed E-state index contributed by atoms with van der Waals surface area (Å²) >= 11 is 5.42. The van der Waals surface area contributed by atoms with E-state index in [1.165, 1.54) is 7.11 Å². The first-order valence-electron chi connectivity index (χ1n) is 3.73. The first-order valence-corrected chi connectivity index (χ1v) is 4.11. The average molecular weight is 238 g/mol. The Morgan fingerprint density at radius 2 is 2.27 bits per heavy atom. The van der Waals surface area contributed by atoms with Gasteiger partial charge >= 0.3 is 5.97 Å². The van der Waals surface area contributed by atoms with Gasteiger partial charge in [-0.25, -0.2) is 18.6 Å². The van der Waals surface area contributed by atoms with Crippen LogP contribution in [0.4, 0.5) is 8.78 Å². The predicted molar refractivity (Wildman–Crippen MR) is 47.7 cm³/mol. The summed E-state index contributed by atoms with van der Waals surface area (Å²) in [5, 5.41) is 8.12. The smallest absolute Gasteiger partial charge is 0.336 e. The Labute approximate surface area is 88.4 Å². The zero-order valence-corrected chi connectivity index (χ0v) is 8.26. The lowest BCUT2D eigenvalue weighted by Gasteiger charge is -2.08. The Morgan fingerprint density at radius 1 is 1.67 bits per heavy atom. The van der Waals surface area contributed by atoms with E-state index in [-0.39, 0.29) is 5.88 Å². The number of aromatic carboxylic acids is 1. The van der Waals surface area contributed by atoms with Crippen LogP contribution in [0.25, 0.3) is 0 Å². The number of pyridine rings is 1. The third-order valence-corrected chi connectivity index (χ3v) is 1.93. The largest absolute Gasteiger partial charge is 0.481 e. The lowest BCUT2D eigenvalue weighted by Crippen LogP contribution is -2.06. The van der Waals surface area contributed by atoms with E-state index in [2.05, 4.69) is 9.72 Å². The van der Waals surface area contributed by atoms with E-state index in [0.717, 1.165) is 6.07 Å². The van der Waals surface area contributed by atoms with Crippen molar-refractivity contribution in [3.8, 4) is 5.88 Å². The van der Waals surface area contributed by atoms with Gasteiger partial charge in [-0.1, -0.05) is 11.6 Å². The summed E-state index contributed by atoms with van der Waals surface area (Å²) in [6.07, 6.45) is -3.00. The molecule has 0 saturated carbocycles. The van der Waals surface area contributed by atoms with Gasteiger partial charge in [0.05, 0.1) is 18.2 Å². The van der Waals surface area contributed by atoms with Crippen molar-refractivity contribution in [3.63, 3.8) is 0 Å². The molecule has 0 unspecified atom stereocenters. The maximum absolute atomic E-state index is 12.5. The van der Waals surface area contributed by atoms with Crippen molar-refractivity contribution < 1.29 is 23.4 Å². The van der Waals surface area contributed by atoms with Gasteiger partial charge in [0.15, 0.2) is 0 Å². The molecule has 0 spiro atoms. The van der Waals surface area contributed by atoms with Crippen LogP contribution in [0.2, 0.25) is 5.15 Å². The number of hydrogen-bond donors (Lipinski definition) is 1. The highest BCUT2D eigenvalue weighted by atomic mass is 35.5. The number of aromatic nitrogens is 1. The van der Waals surface area contributed by atoms with Crippen molar-refractivity contribution in [1.82, 2.24) is 4.98 Å². The number of hydrogen-bond acceptors (Lipinski definition) is 3. The Kier molecular flexibility index (Phi) is 3.41. The Morgan fingerprint density at radius 3 is 2.67 bits per heavy atom. The third-order valence-electron chi connectivity index (χ3n) is 1.65. The summed E-state index contributed by atoms with van der Waals surface area (Å²) in [7, 11) is 1.23. The first kappa shape index (κ1) is 11.6. The molecule has 0 aliphatic rings. The second-order valence-electron chi connectivity index (χ2n) is 2.52. The molecular weight excluding hydrogens is 232 g/mol. The number of halogens is 3. The minimum absolute atomic E-state index is 0.123. The lowest BCUT2D eigenvalue weighted by atomic mass is 10.1. The van der Waals surface area contributed by atoms with Crippen LogP contribution in [0.5, 0.6) is 5.88 Å². The van der Waals surface area contributed by atoms with Gasteiger partial charge in [-0.15, -0.1) is 0 Å². The summed E-state index contributed by atoms with van der Waals surface area (Å²) in [5.41, 5.74) is -1.41. The quantitative estimate of drug-likeness (QED) is 0.820. The van der Waals surface area contributed by atoms with Crippen molar-refractivity contribution in [2.75, 3.05) is 7.11 Å². The zero-order chi connectivity index (χ0) is 11.6. The van der Waals surface area contributed by atoms with Crippen LogP contribution in [0.3, 0.4) is 0 Å². The fourth-order valence-electron chi connectivity index (χ4n) is 0.991. The molecule has 1 aromatic heterocycles. The molecule has 0 amide bonds. The summed E-state index contributed by atoms with van der Waals surface area (Å²) in [5.74, 6) is -1.63. The highest BCUT2D eigenvalue weighted by molar-refractivity contribution is 6.30. The van der Waals surface area contributed by atoms with Crippen LogP contribution in [0, 0.1) is 0 Å². The predicted octanol–water partition coefficient (Wildman–Crippen LogP) is 2.38. The molecule has 0 aromatic carbocycles. The average Bonchev–Trinajstić information content (AvgIpc) is 2.15. The molecule has 1 heterocycles. The molecule has 0 fully saturated rings. The maximum Gasteiger partial charge on any atom is 0.336 e. The SMILES string of the molecule is COc1cc(C(=O)O)c(C(F)F)c(Cl)n1. The van der Waals surface area contributed by atoms with Crippen LogP contribution in [0.15, 0.2) is 6.07 Å². The van der Waals surface area contributed by atoms with Crippen molar-refractivity contribution in [2.24, 2.45) is 0 Å². The number of carboxylic acids is 1. The van der Waals surface area contributed by atoms with Crippen molar-refractivity contribution in [2.45, 2.75) is 6.43 Å². The Hall–Kier alpha value is -1.43. The number of alkyl halides is 2. The second kappa shape index (κ2) is 4.39. The van der Waals surface area contributed by atoms with Gasteiger partial charge in [0.25, 0.3) is 6.43 Å². The summed E-state index contributed by atoms with van der Waals surface area (Å²) in [6.45, 7) is 0. The Balaban J connectivity index is 3.42. The van der Waals surface area contributed by atoms with E-state index in [1.807, 2.05) is 0 Å². The van der Waals surface area contributed by atoms with Crippen LogP contribution in [-0.2, 0) is 0 Å². The van der Waals surface area contributed by atoms with E-state index in [0.29, 0.717) is 0 Å². The van der Waals surface area contributed by atoms with E-state index in [4.69, 9.17) is 16.7 Å². The Bertz CT molecular complexity index is 398. The van der Waals surface area contributed by atoms with E-state index < -0.39 is 28.7 Å². The molecule has 0 aliphatic heterocycles. The normalized spacial score (nSPS) is 10.5. The number of nitrogens with zero attached hydrogens (tertiary/aromatic N) is 1. The van der Waals surface area contributed by atoms with Gasteiger partial charge in [-0.2, -0.15) is 0 Å². The molecule has 7 heteroatoms. The minimum atomic E-state index is -3.00. The summed E-state index contributed by atoms with van der Waals surface area (Å²) in [4.78, 5) is 14.1. The number of carbonyl (C=O) groups is 1. The number of rotatable bonds is 3. The van der Waals surface area contributed by atoms with Crippen LogP contribution in [0.1, 0.15) is 22.3 Å². The molecule has 0 atom stereocenters. The molecule has 0 bridgehead atoms. The molecule has 1 aromatic rings. The van der Waals surface area contributed by atoms with Gasteiger partial charge in [0.1, 0.15) is 5.15 Å². The van der Waals surface area contributed by atoms with Gasteiger partial charge < -0.3 is 9.84 Å². The van der Waals surface area contributed by atoms with E-state index in [1.54, 1.807) is 0 Å². The van der Waals surface area contributed by atoms with Crippen molar-refractivity contribution >= 4 is 17.6 Å². The molecule has 15 heavy (non-hydrogen) atoms.